The first kappa shape index (κ1) is 46.5. The molecular weight excluding hydrogens is 1040 g/mol. The monoisotopic (exact) mass is 1090 g/mol. The summed E-state index contributed by atoms with van der Waals surface area (Å²) in [4.78, 5) is 9.48. The fraction of sp³-hybridized carbons (Fsp3) is 0.156. The van der Waals surface area contributed by atoms with E-state index in [1.807, 2.05) is 24.4 Å². The molecule has 0 radical (unpaired) electrons. The molecule has 1 aliphatic heterocycles. The number of hydrogen-bond acceptors (Lipinski definition) is 4. The zero-order valence-electron chi connectivity index (χ0n) is 40.6. The minimum Gasteiger partial charge on any atom is -0.509 e. The maximum Gasteiger partial charge on any atom is 0.135 e. The van der Waals surface area contributed by atoms with Crippen LogP contribution in [0.3, 0.4) is 0 Å². The van der Waals surface area contributed by atoms with Gasteiger partial charge in [-0.15, -0.1) is 48.1 Å². The van der Waals surface area contributed by atoms with Crippen molar-refractivity contribution >= 4 is 44.6 Å². The van der Waals surface area contributed by atoms with Crippen LogP contribution in [0.4, 0.5) is 22.7 Å². The molecule has 0 unspecified atom stereocenters. The van der Waals surface area contributed by atoms with Gasteiger partial charge in [0, 0.05) is 72.2 Å². The predicted molar refractivity (Wildman–Crippen MR) is 286 cm³/mol. The molecule has 11 rings (SSSR count). The van der Waals surface area contributed by atoms with Crippen LogP contribution in [0.15, 0.2) is 200 Å². The molecule has 3 heterocycles. The van der Waals surface area contributed by atoms with Gasteiger partial charge < -0.3 is 19.1 Å². The first-order chi connectivity index (χ1) is 33.3. The van der Waals surface area contributed by atoms with Gasteiger partial charge in [-0.25, -0.2) is 4.98 Å². The van der Waals surface area contributed by atoms with Crippen molar-refractivity contribution in [3.8, 4) is 28.4 Å². The predicted octanol–water partition coefficient (Wildman–Crippen LogP) is 16.6. The molecule has 2 aromatic heterocycles. The average Bonchev–Trinajstić information content (AvgIpc) is 3.92. The number of pyridine rings is 1. The van der Waals surface area contributed by atoms with Crippen molar-refractivity contribution in [3.05, 3.63) is 247 Å². The van der Waals surface area contributed by atoms with Crippen LogP contribution in [0.5, 0.6) is 11.5 Å². The summed E-state index contributed by atoms with van der Waals surface area (Å²) in [5.74, 6) is 2.02. The summed E-state index contributed by atoms with van der Waals surface area (Å²) in [5, 5.41) is 2.20. The topological polar surface area (TPSA) is 33.5 Å². The van der Waals surface area contributed by atoms with Crippen molar-refractivity contribution in [2.45, 2.75) is 64.7 Å². The molecule has 0 saturated heterocycles. The SMILES string of the molecule is CC(C)(C)c1ccnc(-n2c3[c-]c(Oc4[c-]c(N5[CH-]N(c6cccc(C(C)(C)c7ccccc7)c6)c6cc(C(C)(C)c7ccccc7)ccc65)ccc4)ccc3c3cc(-c4ccccc4)ccc32)c1.[Pt]. The Labute approximate surface area is 427 Å². The molecule has 0 bridgehead atoms. The maximum absolute atomic E-state index is 6.75. The summed E-state index contributed by atoms with van der Waals surface area (Å²) < 4.78 is 8.97. The Morgan fingerprint density at radius 2 is 1.11 bits per heavy atom. The Bertz CT molecular complexity index is 3500. The molecule has 10 aromatic rings. The molecule has 5 nitrogen and oxygen atoms in total. The van der Waals surface area contributed by atoms with E-state index in [0.717, 1.165) is 55.9 Å². The van der Waals surface area contributed by atoms with Crippen LogP contribution in [0.25, 0.3) is 38.8 Å². The zero-order chi connectivity index (χ0) is 47.5. The second-order valence-corrected chi connectivity index (χ2v) is 20.3. The second kappa shape index (κ2) is 18.3. The third-order valence-electron chi connectivity index (χ3n) is 14.1. The van der Waals surface area contributed by atoms with E-state index in [0.29, 0.717) is 11.5 Å². The van der Waals surface area contributed by atoms with Gasteiger partial charge in [-0.2, -0.15) is 12.1 Å². The number of hydrogen-bond donors (Lipinski definition) is 0. The van der Waals surface area contributed by atoms with E-state index in [9.17, 15) is 0 Å². The van der Waals surface area contributed by atoms with Crippen molar-refractivity contribution in [1.82, 2.24) is 9.55 Å². The summed E-state index contributed by atoms with van der Waals surface area (Å²) in [5.41, 5.74) is 14.1. The van der Waals surface area contributed by atoms with E-state index in [-0.39, 0.29) is 37.3 Å². The van der Waals surface area contributed by atoms with Crippen LogP contribution < -0.4 is 14.5 Å². The molecule has 0 fully saturated rings. The van der Waals surface area contributed by atoms with Crippen LogP contribution in [0.2, 0.25) is 0 Å². The van der Waals surface area contributed by atoms with Gasteiger partial charge in [0.15, 0.2) is 0 Å². The molecule has 0 saturated carbocycles. The Morgan fingerprint density at radius 1 is 0.471 bits per heavy atom. The molecule has 8 aromatic carbocycles. The number of ether oxygens (including phenoxy) is 1. The standard InChI is InChI=1S/C64H55N4O.Pt/c1-62(2,3)48-35-36-65-61(40-48)68-57-33-29-45(44-19-11-8-12-20-44)37-56(57)55-32-31-54(42-59(55)68)69-53-28-18-27-52(41-53)66-43-67(51-26-17-25-49(38-51)63(4,5)46-21-13-9-14-22-46)60-39-50(30-34-58(60)66)64(6,7)47-23-15-10-16-24-47;/h8-40,43H,1-7H3;/q-3;. The van der Waals surface area contributed by atoms with Gasteiger partial charge in [-0.3, -0.25) is 0 Å². The number of benzene rings is 8. The van der Waals surface area contributed by atoms with E-state index in [4.69, 9.17) is 9.72 Å². The van der Waals surface area contributed by atoms with E-state index >= 15 is 0 Å². The molecule has 1 aliphatic rings. The second-order valence-electron chi connectivity index (χ2n) is 20.3. The molecule has 0 amide bonds. The number of aromatic nitrogens is 2. The van der Waals surface area contributed by atoms with E-state index in [1.54, 1.807) is 0 Å². The summed E-state index contributed by atoms with van der Waals surface area (Å²) in [7, 11) is 0. The van der Waals surface area contributed by atoms with Gasteiger partial charge in [0.05, 0.1) is 0 Å². The van der Waals surface area contributed by atoms with Crippen molar-refractivity contribution in [2.75, 3.05) is 9.80 Å². The van der Waals surface area contributed by atoms with Gasteiger partial charge in [0.2, 0.25) is 0 Å². The molecule has 0 spiro atoms. The van der Waals surface area contributed by atoms with E-state index in [1.165, 1.54) is 33.4 Å². The number of nitrogens with zero attached hydrogens (tertiary/aromatic N) is 4. The molecule has 0 aliphatic carbocycles. The van der Waals surface area contributed by atoms with Gasteiger partial charge in [0.25, 0.3) is 0 Å². The molecule has 350 valence electrons. The van der Waals surface area contributed by atoms with Crippen LogP contribution in [0, 0.1) is 18.8 Å². The molecule has 6 heteroatoms. The van der Waals surface area contributed by atoms with E-state index < -0.39 is 0 Å². The van der Waals surface area contributed by atoms with Crippen molar-refractivity contribution < 1.29 is 25.8 Å². The van der Waals surface area contributed by atoms with Crippen molar-refractivity contribution in [1.29, 1.82) is 0 Å². The average molecular weight is 1090 g/mol. The molecule has 0 atom stereocenters. The Balaban J connectivity index is 0.00000567. The van der Waals surface area contributed by atoms with Crippen molar-refractivity contribution in [2.24, 2.45) is 0 Å². The number of anilines is 4. The van der Waals surface area contributed by atoms with Gasteiger partial charge in [0.1, 0.15) is 5.82 Å². The Morgan fingerprint density at radius 3 is 1.81 bits per heavy atom. The van der Waals surface area contributed by atoms with Crippen molar-refractivity contribution in [3.63, 3.8) is 0 Å². The number of fused-ring (bicyclic) bond motifs is 4. The quantitative estimate of drug-likeness (QED) is 0.128. The maximum atomic E-state index is 6.75. The third kappa shape index (κ3) is 8.51. The van der Waals surface area contributed by atoms with E-state index in [2.05, 4.69) is 258 Å². The molecular formula is C64H55N4OPt-3. The summed E-state index contributed by atoms with van der Waals surface area (Å²) in [6.07, 6.45) is 1.91. The fourth-order valence-electron chi connectivity index (χ4n) is 9.83. The zero-order valence-corrected chi connectivity index (χ0v) is 42.9. The normalized spacial score (nSPS) is 12.8. The largest absolute Gasteiger partial charge is 0.509 e. The molecule has 0 N–H and O–H groups in total. The minimum atomic E-state index is -0.231. The van der Waals surface area contributed by atoms with Gasteiger partial charge >= 0.3 is 0 Å². The first-order valence-electron chi connectivity index (χ1n) is 23.9. The third-order valence-corrected chi connectivity index (χ3v) is 14.1. The first-order valence-corrected chi connectivity index (χ1v) is 23.9. The summed E-state index contributed by atoms with van der Waals surface area (Å²) >= 11 is 0. The minimum absolute atomic E-state index is 0. The van der Waals surface area contributed by atoms with Crippen LogP contribution in [-0.2, 0) is 37.3 Å². The smallest absolute Gasteiger partial charge is 0.135 e. The summed E-state index contributed by atoms with van der Waals surface area (Å²) in [6, 6.07) is 76.5. The van der Waals surface area contributed by atoms with Gasteiger partial charge in [-0.05, 0) is 92.2 Å². The fourth-order valence-corrected chi connectivity index (χ4v) is 9.83. The Kier molecular flexibility index (Phi) is 12.1. The van der Waals surface area contributed by atoms with Crippen LogP contribution in [0.1, 0.15) is 76.3 Å². The van der Waals surface area contributed by atoms with Crippen LogP contribution >= 0.6 is 0 Å². The summed E-state index contributed by atoms with van der Waals surface area (Å²) in [6.45, 7) is 18.1. The van der Waals surface area contributed by atoms with Crippen LogP contribution in [-0.4, -0.2) is 9.55 Å². The number of rotatable bonds is 10. The Hall–Kier alpha value is -7.20. The van der Waals surface area contributed by atoms with Gasteiger partial charge in [-0.1, -0.05) is 175 Å². The molecule has 70 heavy (non-hydrogen) atoms.